The van der Waals surface area contributed by atoms with E-state index in [4.69, 9.17) is 14.5 Å². The molecular formula is C22H28N2O3. The quantitative estimate of drug-likeness (QED) is 0.579. The Kier molecular flexibility index (Phi) is 6.35. The summed E-state index contributed by atoms with van der Waals surface area (Å²) in [6.07, 6.45) is 2.48. The van der Waals surface area contributed by atoms with E-state index in [1.165, 1.54) is 11.1 Å². The third kappa shape index (κ3) is 4.42. The Hall–Kier alpha value is -2.53. The van der Waals surface area contributed by atoms with Gasteiger partial charge in [-0.25, -0.2) is 4.98 Å². The van der Waals surface area contributed by atoms with Crippen molar-refractivity contribution in [1.29, 1.82) is 0 Å². The molecule has 0 atom stereocenters. The Morgan fingerprint density at radius 1 is 1.04 bits per heavy atom. The highest BCUT2D eigenvalue weighted by molar-refractivity contribution is 5.78. The predicted molar refractivity (Wildman–Crippen MR) is 108 cm³/mol. The molecule has 0 saturated heterocycles. The van der Waals surface area contributed by atoms with E-state index >= 15 is 0 Å². The molecule has 1 aromatic heterocycles. The van der Waals surface area contributed by atoms with Gasteiger partial charge in [-0.3, -0.25) is 0 Å². The summed E-state index contributed by atoms with van der Waals surface area (Å²) in [7, 11) is 1.65. The standard InChI is InChI=1S/C22H28N2O3/c1-16-14-18-19(15-17(16)2)24(22(23-18)10-12-25)11-6-7-13-27-21-9-5-4-8-20(21)26-3/h4-5,8-9,14-15,25H,6-7,10-13H2,1-3H3. The average molecular weight is 368 g/mol. The first-order valence-corrected chi connectivity index (χ1v) is 9.47. The molecule has 0 amide bonds. The number of aromatic nitrogens is 2. The number of unbranched alkanes of at least 4 members (excludes halogenated alkanes) is 1. The number of rotatable bonds is 9. The minimum Gasteiger partial charge on any atom is -0.493 e. The molecule has 0 aliphatic carbocycles. The van der Waals surface area contributed by atoms with E-state index in [1.54, 1.807) is 7.11 Å². The molecule has 3 rings (SSSR count). The van der Waals surface area contributed by atoms with E-state index in [1.807, 2.05) is 24.3 Å². The number of ether oxygens (including phenoxy) is 2. The van der Waals surface area contributed by atoms with Crippen LogP contribution in [0.4, 0.5) is 0 Å². The van der Waals surface area contributed by atoms with Crippen LogP contribution in [0.25, 0.3) is 11.0 Å². The first-order valence-electron chi connectivity index (χ1n) is 9.47. The van der Waals surface area contributed by atoms with E-state index in [-0.39, 0.29) is 6.61 Å². The van der Waals surface area contributed by atoms with Crippen molar-refractivity contribution in [2.75, 3.05) is 20.3 Å². The largest absolute Gasteiger partial charge is 0.493 e. The van der Waals surface area contributed by atoms with Crippen LogP contribution in [0.2, 0.25) is 0 Å². The lowest BCUT2D eigenvalue weighted by atomic mass is 10.1. The van der Waals surface area contributed by atoms with Crippen LogP contribution in [0, 0.1) is 13.8 Å². The molecular weight excluding hydrogens is 340 g/mol. The highest BCUT2D eigenvalue weighted by Crippen LogP contribution is 2.26. The summed E-state index contributed by atoms with van der Waals surface area (Å²) >= 11 is 0. The second kappa shape index (κ2) is 8.91. The fourth-order valence-corrected chi connectivity index (χ4v) is 3.26. The number of aliphatic hydroxyl groups excluding tert-OH is 1. The van der Waals surface area contributed by atoms with Crippen molar-refractivity contribution >= 4 is 11.0 Å². The van der Waals surface area contributed by atoms with Crippen LogP contribution in [-0.4, -0.2) is 35.0 Å². The molecule has 0 radical (unpaired) electrons. The Bertz CT molecular complexity index is 902. The fraction of sp³-hybridized carbons (Fsp3) is 0.409. The number of imidazole rings is 1. The van der Waals surface area contributed by atoms with Crippen LogP contribution < -0.4 is 9.47 Å². The second-order valence-electron chi connectivity index (χ2n) is 6.78. The maximum atomic E-state index is 9.38. The van der Waals surface area contributed by atoms with Crippen LogP contribution in [0.3, 0.4) is 0 Å². The number of fused-ring (bicyclic) bond motifs is 1. The van der Waals surface area contributed by atoms with E-state index in [2.05, 4.69) is 30.5 Å². The Labute approximate surface area is 160 Å². The van der Waals surface area contributed by atoms with E-state index in [0.717, 1.165) is 47.7 Å². The van der Waals surface area contributed by atoms with Gasteiger partial charge in [-0.1, -0.05) is 12.1 Å². The molecule has 0 unspecified atom stereocenters. The number of hydrogen-bond donors (Lipinski definition) is 1. The van der Waals surface area contributed by atoms with Crippen LogP contribution >= 0.6 is 0 Å². The summed E-state index contributed by atoms with van der Waals surface area (Å²) in [5.74, 6) is 2.48. The zero-order chi connectivity index (χ0) is 19.2. The Morgan fingerprint density at radius 2 is 1.78 bits per heavy atom. The van der Waals surface area contributed by atoms with Gasteiger partial charge in [0.2, 0.25) is 0 Å². The van der Waals surface area contributed by atoms with Gasteiger partial charge in [0.15, 0.2) is 11.5 Å². The van der Waals surface area contributed by atoms with Gasteiger partial charge >= 0.3 is 0 Å². The summed E-state index contributed by atoms with van der Waals surface area (Å²) in [5, 5.41) is 9.38. The number of aliphatic hydroxyl groups is 1. The summed E-state index contributed by atoms with van der Waals surface area (Å²) in [6, 6.07) is 12.0. The maximum Gasteiger partial charge on any atom is 0.161 e. The third-order valence-corrected chi connectivity index (χ3v) is 4.88. The molecule has 3 aromatic rings. The smallest absolute Gasteiger partial charge is 0.161 e. The van der Waals surface area contributed by atoms with Crippen LogP contribution in [0.5, 0.6) is 11.5 Å². The van der Waals surface area contributed by atoms with Crippen molar-refractivity contribution in [3.05, 3.63) is 53.3 Å². The third-order valence-electron chi connectivity index (χ3n) is 4.88. The molecule has 1 heterocycles. The predicted octanol–water partition coefficient (Wildman–Crippen LogP) is 4.06. The second-order valence-corrected chi connectivity index (χ2v) is 6.78. The van der Waals surface area contributed by atoms with E-state index in [9.17, 15) is 5.11 Å². The van der Waals surface area contributed by atoms with Gasteiger partial charge in [-0.2, -0.15) is 0 Å². The number of para-hydroxylation sites is 2. The number of aryl methyl sites for hydroxylation is 3. The van der Waals surface area contributed by atoms with E-state index in [0.29, 0.717) is 13.0 Å². The van der Waals surface area contributed by atoms with E-state index < -0.39 is 0 Å². The molecule has 0 aliphatic rings. The van der Waals surface area contributed by atoms with Crippen molar-refractivity contribution < 1.29 is 14.6 Å². The Balaban J connectivity index is 1.64. The molecule has 2 aromatic carbocycles. The molecule has 0 fully saturated rings. The minimum atomic E-state index is 0.109. The van der Waals surface area contributed by atoms with Crippen molar-refractivity contribution in [3.8, 4) is 11.5 Å². The fourth-order valence-electron chi connectivity index (χ4n) is 3.26. The van der Waals surface area contributed by atoms with Gasteiger partial charge < -0.3 is 19.1 Å². The lowest BCUT2D eigenvalue weighted by Crippen LogP contribution is -2.08. The number of nitrogens with zero attached hydrogens (tertiary/aromatic N) is 2. The molecule has 1 N–H and O–H groups in total. The van der Waals surface area contributed by atoms with Gasteiger partial charge in [-0.15, -0.1) is 0 Å². The number of benzene rings is 2. The Morgan fingerprint density at radius 3 is 2.52 bits per heavy atom. The molecule has 0 aliphatic heterocycles. The highest BCUT2D eigenvalue weighted by Gasteiger charge is 2.11. The molecule has 144 valence electrons. The van der Waals surface area contributed by atoms with Crippen LogP contribution in [0.1, 0.15) is 29.8 Å². The van der Waals surface area contributed by atoms with Gasteiger partial charge in [0, 0.05) is 13.0 Å². The van der Waals surface area contributed by atoms with Gasteiger partial charge in [0.05, 0.1) is 31.4 Å². The summed E-state index contributed by atoms with van der Waals surface area (Å²) in [6.45, 7) is 5.84. The molecule has 5 nitrogen and oxygen atoms in total. The first kappa shape index (κ1) is 19.2. The molecule has 5 heteroatoms. The zero-order valence-corrected chi connectivity index (χ0v) is 16.4. The highest BCUT2D eigenvalue weighted by atomic mass is 16.5. The normalized spacial score (nSPS) is 11.1. The lowest BCUT2D eigenvalue weighted by molar-refractivity contribution is 0.282. The molecule has 27 heavy (non-hydrogen) atoms. The number of methoxy groups -OCH3 is 1. The van der Waals surface area contributed by atoms with Gasteiger partial charge in [0.1, 0.15) is 5.82 Å². The van der Waals surface area contributed by atoms with Crippen LogP contribution in [-0.2, 0) is 13.0 Å². The minimum absolute atomic E-state index is 0.109. The molecule has 0 bridgehead atoms. The molecule has 0 saturated carbocycles. The first-order chi connectivity index (χ1) is 13.1. The van der Waals surface area contributed by atoms with Crippen molar-refractivity contribution in [2.45, 2.75) is 39.7 Å². The van der Waals surface area contributed by atoms with Crippen LogP contribution in [0.15, 0.2) is 36.4 Å². The lowest BCUT2D eigenvalue weighted by Gasteiger charge is -2.12. The van der Waals surface area contributed by atoms with Gasteiger partial charge in [-0.05, 0) is 62.1 Å². The molecule has 0 spiro atoms. The number of hydrogen-bond acceptors (Lipinski definition) is 4. The van der Waals surface area contributed by atoms with Crippen molar-refractivity contribution in [1.82, 2.24) is 9.55 Å². The van der Waals surface area contributed by atoms with Crippen molar-refractivity contribution in [3.63, 3.8) is 0 Å². The van der Waals surface area contributed by atoms with Crippen molar-refractivity contribution in [2.24, 2.45) is 0 Å². The summed E-state index contributed by atoms with van der Waals surface area (Å²) < 4.78 is 13.4. The maximum absolute atomic E-state index is 9.38. The summed E-state index contributed by atoms with van der Waals surface area (Å²) in [4.78, 5) is 4.73. The topological polar surface area (TPSA) is 56.5 Å². The van der Waals surface area contributed by atoms with Gasteiger partial charge in [0.25, 0.3) is 0 Å². The monoisotopic (exact) mass is 368 g/mol. The summed E-state index contributed by atoms with van der Waals surface area (Å²) in [5.41, 5.74) is 4.66. The average Bonchev–Trinajstić information content (AvgIpc) is 2.99. The SMILES string of the molecule is COc1ccccc1OCCCCn1c(CCO)nc2cc(C)c(C)cc21. The zero-order valence-electron chi connectivity index (χ0n) is 16.4.